The van der Waals surface area contributed by atoms with Gasteiger partial charge in [-0.05, 0) is 38.0 Å². The second kappa shape index (κ2) is 7.50. The maximum atomic E-state index is 12.7. The van der Waals surface area contributed by atoms with Crippen LogP contribution in [0.2, 0.25) is 5.02 Å². The van der Waals surface area contributed by atoms with E-state index >= 15 is 0 Å². The molecular formula is C15H19ClN2O5S. The predicted octanol–water partition coefficient (Wildman–Crippen LogP) is 1.55. The van der Waals surface area contributed by atoms with Gasteiger partial charge in [0.2, 0.25) is 10.0 Å². The number of carbonyl (C=O) groups excluding carboxylic acids is 2. The van der Waals surface area contributed by atoms with Crippen molar-refractivity contribution >= 4 is 33.5 Å². The summed E-state index contributed by atoms with van der Waals surface area (Å²) < 4.78 is 31.6. The number of nitrogens with zero attached hydrogens (tertiary/aromatic N) is 1. The van der Waals surface area contributed by atoms with Gasteiger partial charge < -0.3 is 10.5 Å². The molecule has 1 fully saturated rings. The Hall–Kier alpha value is -1.64. The van der Waals surface area contributed by atoms with Crippen LogP contribution in [-0.2, 0) is 19.6 Å². The average Bonchev–Trinajstić information content (AvgIpc) is 2.55. The summed E-state index contributed by atoms with van der Waals surface area (Å²) in [7, 11) is -3.70. The molecule has 0 aromatic heterocycles. The highest BCUT2D eigenvalue weighted by Gasteiger charge is 2.28. The van der Waals surface area contributed by atoms with Gasteiger partial charge in [-0.2, -0.15) is 4.31 Å². The van der Waals surface area contributed by atoms with E-state index in [0.717, 1.165) is 19.3 Å². The third-order valence-corrected chi connectivity index (χ3v) is 6.02. The van der Waals surface area contributed by atoms with Crippen molar-refractivity contribution in [1.82, 2.24) is 4.31 Å². The summed E-state index contributed by atoms with van der Waals surface area (Å²) in [6.07, 6.45) is 1.46. The van der Waals surface area contributed by atoms with E-state index in [1.807, 2.05) is 0 Å². The highest BCUT2D eigenvalue weighted by atomic mass is 35.5. The number of nitrogens with two attached hydrogens (primary N) is 1. The second-order valence-corrected chi connectivity index (χ2v) is 7.90. The lowest BCUT2D eigenvalue weighted by Crippen LogP contribution is -2.35. The molecule has 0 unspecified atom stereocenters. The molecule has 2 rings (SSSR count). The molecule has 1 aromatic carbocycles. The summed E-state index contributed by atoms with van der Waals surface area (Å²) in [5, 5.41) is 0.0364. The minimum absolute atomic E-state index is 0.0347. The van der Waals surface area contributed by atoms with Crippen molar-refractivity contribution < 1.29 is 22.7 Å². The number of benzene rings is 1. The van der Waals surface area contributed by atoms with Gasteiger partial charge in [-0.25, -0.2) is 13.2 Å². The topological polar surface area (TPSA) is 107 Å². The lowest BCUT2D eigenvalue weighted by molar-refractivity contribution is -0.125. The smallest absolute Gasteiger partial charge is 0.340 e. The molecular weight excluding hydrogens is 356 g/mol. The van der Waals surface area contributed by atoms with Crippen LogP contribution in [0.4, 0.5) is 0 Å². The number of hydrogen-bond donors (Lipinski definition) is 1. The normalized spacial score (nSPS) is 17.2. The van der Waals surface area contributed by atoms with Gasteiger partial charge in [0, 0.05) is 13.1 Å². The van der Waals surface area contributed by atoms with Crippen LogP contribution in [0.5, 0.6) is 0 Å². The Morgan fingerprint density at radius 1 is 1.25 bits per heavy atom. The summed E-state index contributed by atoms with van der Waals surface area (Å²) in [5.41, 5.74) is 4.92. The molecule has 1 aliphatic heterocycles. The van der Waals surface area contributed by atoms with Gasteiger partial charge in [0.1, 0.15) is 0 Å². The molecule has 24 heavy (non-hydrogen) atoms. The zero-order valence-electron chi connectivity index (χ0n) is 13.2. The summed E-state index contributed by atoms with van der Waals surface area (Å²) in [6, 6.07) is 3.84. The summed E-state index contributed by atoms with van der Waals surface area (Å²) in [5.74, 6) is -1.71. The molecule has 0 spiro atoms. The largest absolute Gasteiger partial charge is 0.449 e. The van der Waals surface area contributed by atoms with Crippen molar-refractivity contribution in [2.45, 2.75) is 37.2 Å². The van der Waals surface area contributed by atoms with E-state index in [9.17, 15) is 18.0 Å². The van der Waals surface area contributed by atoms with Crippen LogP contribution in [0.3, 0.4) is 0 Å². The number of rotatable bonds is 5. The fourth-order valence-electron chi connectivity index (χ4n) is 2.36. The minimum atomic E-state index is -3.70. The van der Waals surface area contributed by atoms with Crippen LogP contribution in [0.15, 0.2) is 23.1 Å². The highest BCUT2D eigenvalue weighted by Crippen LogP contribution is 2.25. The number of ether oxygens (including phenoxy) is 1. The van der Waals surface area contributed by atoms with E-state index in [0.29, 0.717) is 13.1 Å². The molecule has 1 amide bonds. The molecule has 7 nitrogen and oxygen atoms in total. The van der Waals surface area contributed by atoms with Crippen molar-refractivity contribution in [2.75, 3.05) is 13.1 Å². The summed E-state index contributed by atoms with van der Waals surface area (Å²) >= 11 is 5.96. The number of sulfonamides is 1. The molecule has 1 aromatic rings. The molecule has 132 valence electrons. The number of esters is 1. The van der Waals surface area contributed by atoms with Gasteiger partial charge >= 0.3 is 5.97 Å². The Bertz CT molecular complexity index is 744. The molecule has 0 radical (unpaired) electrons. The number of hydrogen-bond acceptors (Lipinski definition) is 5. The first kappa shape index (κ1) is 18.7. The molecule has 2 N–H and O–H groups in total. The van der Waals surface area contributed by atoms with Crippen molar-refractivity contribution in [3.63, 3.8) is 0 Å². The van der Waals surface area contributed by atoms with Crippen LogP contribution in [0.1, 0.15) is 36.5 Å². The van der Waals surface area contributed by atoms with Crippen LogP contribution in [0, 0.1) is 0 Å². The maximum Gasteiger partial charge on any atom is 0.340 e. The molecule has 1 saturated heterocycles. The molecule has 1 atom stereocenters. The number of amides is 1. The monoisotopic (exact) mass is 374 g/mol. The molecule has 0 bridgehead atoms. The number of piperidine rings is 1. The second-order valence-electron chi connectivity index (χ2n) is 5.56. The van der Waals surface area contributed by atoms with Gasteiger partial charge in [-0.1, -0.05) is 18.0 Å². The quantitative estimate of drug-likeness (QED) is 0.787. The molecule has 1 heterocycles. The van der Waals surface area contributed by atoms with E-state index in [4.69, 9.17) is 22.1 Å². The summed E-state index contributed by atoms with van der Waals surface area (Å²) in [6.45, 7) is 2.22. The molecule has 9 heteroatoms. The number of carbonyl (C=O) groups is 2. The Morgan fingerprint density at radius 3 is 2.46 bits per heavy atom. The Kier molecular flexibility index (Phi) is 5.84. The molecule has 0 aliphatic carbocycles. The molecule has 1 aliphatic rings. The van der Waals surface area contributed by atoms with Crippen molar-refractivity contribution in [1.29, 1.82) is 0 Å². The predicted molar refractivity (Wildman–Crippen MR) is 88.1 cm³/mol. The van der Waals surface area contributed by atoms with Gasteiger partial charge in [-0.3, -0.25) is 4.79 Å². The van der Waals surface area contributed by atoms with Crippen molar-refractivity contribution in [3.05, 3.63) is 28.8 Å². The van der Waals surface area contributed by atoms with Crippen LogP contribution < -0.4 is 5.73 Å². The van der Waals surface area contributed by atoms with E-state index in [1.54, 1.807) is 0 Å². The Morgan fingerprint density at radius 2 is 1.88 bits per heavy atom. The Balaban J connectivity index is 2.31. The van der Waals surface area contributed by atoms with Gasteiger partial charge in [-0.15, -0.1) is 0 Å². The third-order valence-electron chi connectivity index (χ3n) is 3.80. The SMILES string of the molecule is C[C@H](OC(=O)c1cc(S(=O)(=O)N2CCCCC2)ccc1Cl)C(N)=O. The zero-order chi connectivity index (χ0) is 17.9. The fraction of sp³-hybridized carbons (Fsp3) is 0.467. The van der Waals surface area contributed by atoms with Crippen LogP contribution >= 0.6 is 11.6 Å². The lowest BCUT2D eigenvalue weighted by Gasteiger charge is -2.26. The minimum Gasteiger partial charge on any atom is -0.449 e. The fourth-order valence-corrected chi connectivity index (χ4v) is 4.10. The van der Waals surface area contributed by atoms with E-state index < -0.39 is 28.0 Å². The van der Waals surface area contributed by atoms with E-state index in [2.05, 4.69) is 0 Å². The van der Waals surface area contributed by atoms with E-state index in [-0.39, 0.29) is 15.5 Å². The number of halogens is 1. The third kappa shape index (κ3) is 4.06. The maximum absolute atomic E-state index is 12.7. The van der Waals surface area contributed by atoms with Crippen LogP contribution in [-0.4, -0.2) is 43.8 Å². The first-order valence-corrected chi connectivity index (χ1v) is 9.35. The number of primary amides is 1. The molecule has 0 saturated carbocycles. The Labute approximate surface area is 145 Å². The average molecular weight is 375 g/mol. The van der Waals surface area contributed by atoms with Crippen LogP contribution in [0.25, 0.3) is 0 Å². The first-order valence-electron chi connectivity index (χ1n) is 7.53. The highest BCUT2D eigenvalue weighted by molar-refractivity contribution is 7.89. The standard InChI is InChI=1S/C15H19ClN2O5S/c1-10(14(17)19)23-15(20)12-9-11(5-6-13(12)16)24(21,22)18-7-3-2-4-8-18/h5-6,9-10H,2-4,7-8H2,1H3,(H2,17,19)/t10-/m0/s1. The van der Waals surface area contributed by atoms with E-state index in [1.165, 1.54) is 29.4 Å². The van der Waals surface area contributed by atoms with Gasteiger partial charge in [0.15, 0.2) is 6.10 Å². The van der Waals surface area contributed by atoms with Crippen molar-refractivity contribution in [3.8, 4) is 0 Å². The zero-order valence-corrected chi connectivity index (χ0v) is 14.8. The van der Waals surface area contributed by atoms with Crippen molar-refractivity contribution in [2.24, 2.45) is 5.73 Å². The summed E-state index contributed by atoms with van der Waals surface area (Å²) in [4.78, 5) is 23.1. The van der Waals surface area contributed by atoms with Gasteiger partial charge in [0.05, 0.1) is 15.5 Å². The first-order chi connectivity index (χ1) is 11.2. The van der Waals surface area contributed by atoms with Gasteiger partial charge in [0.25, 0.3) is 5.91 Å². The lowest BCUT2D eigenvalue weighted by atomic mass is 10.2.